The van der Waals surface area contributed by atoms with Gasteiger partial charge in [0.1, 0.15) is 0 Å². The number of benzene rings is 1. The topological polar surface area (TPSA) is 81.4 Å². The van der Waals surface area contributed by atoms with Crippen LogP contribution in [0.4, 0.5) is 0 Å². The van der Waals surface area contributed by atoms with E-state index < -0.39 is 5.91 Å². The third-order valence-corrected chi connectivity index (χ3v) is 5.18. The lowest BCUT2D eigenvalue weighted by Crippen LogP contribution is -2.45. The molecule has 126 valence electrons. The zero-order chi connectivity index (χ0) is 16.7. The van der Waals surface area contributed by atoms with Crippen LogP contribution < -0.4 is 11.1 Å². The Bertz CT molecular complexity index is 562. The highest BCUT2D eigenvalue weighted by atomic mass is 35.5. The number of rotatable bonds is 7. The first kappa shape index (κ1) is 18.1. The lowest BCUT2D eigenvalue weighted by molar-refractivity contribution is -0.119. The van der Waals surface area contributed by atoms with Gasteiger partial charge >= 0.3 is 0 Å². The summed E-state index contributed by atoms with van der Waals surface area (Å²) in [6.07, 6.45) is 1.67. The van der Waals surface area contributed by atoms with Crippen molar-refractivity contribution < 1.29 is 14.3 Å². The van der Waals surface area contributed by atoms with Gasteiger partial charge in [0.05, 0.1) is 11.5 Å². The fourth-order valence-corrected chi connectivity index (χ4v) is 3.49. The predicted molar refractivity (Wildman–Crippen MR) is 92.7 cm³/mol. The third-order valence-electron chi connectivity index (χ3n) is 3.99. The third kappa shape index (κ3) is 5.41. The maximum atomic E-state index is 12.0. The summed E-state index contributed by atoms with van der Waals surface area (Å²) in [4.78, 5) is 22.7. The minimum atomic E-state index is -0.414. The Morgan fingerprint density at radius 3 is 2.70 bits per heavy atom. The summed E-state index contributed by atoms with van der Waals surface area (Å²) >= 11 is 7.34. The summed E-state index contributed by atoms with van der Waals surface area (Å²) in [7, 11) is 0. The van der Waals surface area contributed by atoms with Crippen molar-refractivity contribution in [2.24, 2.45) is 5.73 Å². The second-order valence-electron chi connectivity index (χ2n) is 5.64. The molecule has 5 nitrogen and oxygen atoms in total. The number of nitrogens with one attached hydrogen (secondary N) is 1. The van der Waals surface area contributed by atoms with Gasteiger partial charge in [-0.05, 0) is 30.5 Å². The number of amides is 2. The van der Waals surface area contributed by atoms with Crippen molar-refractivity contribution in [2.45, 2.75) is 18.3 Å². The molecule has 0 atom stereocenters. The maximum Gasteiger partial charge on any atom is 0.230 e. The van der Waals surface area contributed by atoms with Gasteiger partial charge in [-0.3, -0.25) is 9.59 Å². The smallest absolute Gasteiger partial charge is 0.230 e. The van der Waals surface area contributed by atoms with Gasteiger partial charge in [0.25, 0.3) is 0 Å². The summed E-state index contributed by atoms with van der Waals surface area (Å²) in [5.74, 6) is -0.127. The molecule has 2 rings (SSSR count). The largest absolute Gasteiger partial charge is 0.381 e. The molecule has 2 amide bonds. The van der Waals surface area contributed by atoms with Crippen LogP contribution in [0.25, 0.3) is 0 Å². The van der Waals surface area contributed by atoms with E-state index in [1.54, 1.807) is 0 Å². The van der Waals surface area contributed by atoms with Crippen LogP contribution in [0.5, 0.6) is 0 Å². The van der Waals surface area contributed by atoms with Crippen molar-refractivity contribution in [2.75, 3.05) is 31.3 Å². The standard InChI is InChI=1S/C16H21ClN2O3S/c17-13-3-1-2-12(8-13)16(4-6-22-7-5-16)11-19-15(21)10-23-9-14(18)20/h1-3,8H,4-7,9-11H2,(H2,18,20)(H,19,21). The average molecular weight is 357 g/mol. The molecule has 0 saturated carbocycles. The summed E-state index contributed by atoms with van der Waals surface area (Å²) < 4.78 is 5.47. The molecule has 0 radical (unpaired) electrons. The van der Waals surface area contributed by atoms with Gasteiger partial charge in [0, 0.05) is 30.2 Å². The number of carbonyl (C=O) groups excluding carboxylic acids is 2. The molecular weight excluding hydrogens is 336 g/mol. The Labute approximate surface area is 145 Å². The molecule has 1 aliphatic rings. The summed E-state index contributed by atoms with van der Waals surface area (Å²) in [5.41, 5.74) is 6.03. The fraction of sp³-hybridized carbons (Fsp3) is 0.500. The van der Waals surface area contributed by atoms with Crippen LogP contribution in [0.3, 0.4) is 0 Å². The number of primary amides is 1. The van der Waals surface area contributed by atoms with E-state index in [0.29, 0.717) is 24.8 Å². The van der Waals surface area contributed by atoms with Crippen molar-refractivity contribution in [3.8, 4) is 0 Å². The van der Waals surface area contributed by atoms with Crippen molar-refractivity contribution in [3.05, 3.63) is 34.9 Å². The van der Waals surface area contributed by atoms with E-state index in [2.05, 4.69) is 5.32 Å². The zero-order valence-electron chi connectivity index (χ0n) is 12.8. The second kappa shape index (κ2) is 8.57. The number of carbonyl (C=O) groups is 2. The summed E-state index contributed by atoms with van der Waals surface area (Å²) in [6.45, 7) is 1.87. The molecule has 1 saturated heterocycles. The van der Waals surface area contributed by atoms with E-state index in [1.165, 1.54) is 11.8 Å². The number of hydrogen-bond acceptors (Lipinski definition) is 4. The van der Waals surface area contributed by atoms with Gasteiger partial charge in [-0.1, -0.05) is 23.7 Å². The average Bonchev–Trinajstić information content (AvgIpc) is 2.53. The van der Waals surface area contributed by atoms with E-state index in [9.17, 15) is 9.59 Å². The Hall–Kier alpha value is -1.24. The number of thioether (sulfide) groups is 1. The molecule has 7 heteroatoms. The van der Waals surface area contributed by atoms with Crippen LogP contribution in [-0.4, -0.2) is 43.1 Å². The van der Waals surface area contributed by atoms with Gasteiger partial charge in [-0.15, -0.1) is 11.8 Å². The molecule has 1 aromatic rings. The first-order valence-corrected chi connectivity index (χ1v) is 9.02. The lowest BCUT2D eigenvalue weighted by Gasteiger charge is -2.38. The van der Waals surface area contributed by atoms with E-state index in [0.717, 1.165) is 18.4 Å². The van der Waals surface area contributed by atoms with Crippen LogP contribution in [0.15, 0.2) is 24.3 Å². The molecular formula is C16H21ClN2O3S. The highest BCUT2D eigenvalue weighted by Crippen LogP contribution is 2.35. The minimum Gasteiger partial charge on any atom is -0.381 e. The molecule has 3 N–H and O–H groups in total. The van der Waals surface area contributed by atoms with Crippen LogP contribution in [0.2, 0.25) is 5.02 Å². The van der Waals surface area contributed by atoms with Crippen molar-refractivity contribution >= 4 is 35.2 Å². The van der Waals surface area contributed by atoms with Crippen molar-refractivity contribution in [1.29, 1.82) is 0 Å². The first-order chi connectivity index (χ1) is 11.0. The maximum absolute atomic E-state index is 12.0. The Balaban J connectivity index is 1.99. The molecule has 23 heavy (non-hydrogen) atoms. The van der Waals surface area contributed by atoms with Gasteiger partial charge in [-0.25, -0.2) is 0 Å². The number of nitrogens with two attached hydrogens (primary N) is 1. The van der Waals surface area contributed by atoms with E-state index >= 15 is 0 Å². The Morgan fingerprint density at radius 2 is 2.04 bits per heavy atom. The van der Waals surface area contributed by atoms with Crippen LogP contribution in [0, 0.1) is 0 Å². The predicted octanol–water partition coefficient (Wildman–Crippen LogP) is 1.72. The second-order valence-corrected chi connectivity index (χ2v) is 7.06. The molecule has 1 aliphatic heterocycles. The molecule has 1 heterocycles. The SMILES string of the molecule is NC(=O)CSCC(=O)NCC1(c2cccc(Cl)c2)CCOCC1. The monoisotopic (exact) mass is 356 g/mol. The van der Waals surface area contributed by atoms with Crippen LogP contribution in [-0.2, 0) is 19.7 Å². The van der Waals surface area contributed by atoms with Gasteiger partial charge in [0.2, 0.25) is 11.8 Å². The molecule has 1 aromatic carbocycles. The van der Waals surface area contributed by atoms with E-state index in [1.807, 2.05) is 24.3 Å². The number of halogens is 1. The van der Waals surface area contributed by atoms with Crippen molar-refractivity contribution in [3.63, 3.8) is 0 Å². The molecule has 0 spiro atoms. The van der Waals surface area contributed by atoms with E-state index in [-0.39, 0.29) is 22.8 Å². The zero-order valence-corrected chi connectivity index (χ0v) is 14.4. The summed E-state index contributed by atoms with van der Waals surface area (Å²) in [6, 6.07) is 7.78. The quantitative estimate of drug-likeness (QED) is 0.779. The normalized spacial score (nSPS) is 16.7. The first-order valence-electron chi connectivity index (χ1n) is 7.48. The Morgan fingerprint density at radius 1 is 1.30 bits per heavy atom. The van der Waals surface area contributed by atoms with E-state index in [4.69, 9.17) is 22.1 Å². The highest BCUT2D eigenvalue weighted by molar-refractivity contribution is 8.00. The van der Waals surface area contributed by atoms with Gasteiger partial charge in [-0.2, -0.15) is 0 Å². The molecule has 0 bridgehead atoms. The van der Waals surface area contributed by atoms with Gasteiger partial charge < -0.3 is 15.8 Å². The van der Waals surface area contributed by atoms with Crippen LogP contribution >= 0.6 is 23.4 Å². The van der Waals surface area contributed by atoms with Crippen LogP contribution in [0.1, 0.15) is 18.4 Å². The van der Waals surface area contributed by atoms with Crippen molar-refractivity contribution in [1.82, 2.24) is 5.32 Å². The lowest BCUT2D eigenvalue weighted by atomic mass is 9.74. The molecule has 0 unspecified atom stereocenters. The molecule has 1 fully saturated rings. The summed E-state index contributed by atoms with van der Waals surface area (Å²) in [5, 5.41) is 3.67. The number of hydrogen-bond donors (Lipinski definition) is 2. The molecule has 0 aromatic heterocycles. The number of ether oxygens (including phenoxy) is 1. The molecule has 0 aliphatic carbocycles. The Kier molecular flexibility index (Phi) is 6.74. The highest BCUT2D eigenvalue weighted by Gasteiger charge is 2.34. The fourth-order valence-electron chi connectivity index (χ4n) is 2.71. The minimum absolute atomic E-state index is 0.0934. The van der Waals surface area contributed by atoms with Gasteiger partial charge in [0.15, 0.2) is 0 Å².